The van der Waals surface area contributed by atoms with E-state index in [9.17, 15) is 4.79 Å². The number of hydrogen-bond donors (Lipinski definition) is 1. The van der Waals surface area contributed by atoms with Crippen molar-refractivity contribution in [3.8, 4) is 0 Å². The monoisotopic (exact) mass is 232 g/mol. The fraction of sp³-hybridized carbons (Fsp3) is 0. The van der Waals surface area contributed by atoms with Gasteiger partial charge < -0.3 is 4.74 Å². The second kappa shape index (κ2) is 4.37. The highest BCUT2D eigenvalue weighted by atomic mass is 32.1. The van der Waals surface area contributed by atoms with Crippen LogP contribution in [0.3, 0.4) is 0 Å². The summed E-state index contributed by atoms with van der Waals surface area (Å²) in [6, 6.07) is 13.3. The van der Waals surface area contributed by atoms with Crippen LogP contribution in [0.4, 0.5) is 4.79 Å². The average molecular weight is 232 g/mol. The Morgan fingerprint density at radius 3 is 2.50 bits per heavy atom. The highest BCUT2D eigenvalue weighted by molar-refractivity contribution is 7.76. The van der Waals surface area contributed by atoms with Crippen molar-refractivity contribution in [2.75, 3.05) is 0 Å². The first kappa shape index (κ1) is 10.7. The summed E-state index contributed by atoms with van der Waals surface area (Å²) in [5.74, 6) is -0.161. The van der Waals surface area contributed by atoms with Crippen LogP contribution in [0.1, 0.15) is 5.56 Å². The minimum Gasteiger partial charge on any atom is -0.367 e. The van der Waals surface area contributed by atoms with Gasteiger partial charge in [-0.1, -0.05) is 30.3 Å². The van der Waals surface area contributed by atoms with Crippen LogP contribution in [0.25, 0.3) is 10.8 Å². The van der Waals surface area contributed by atoms with Crippen molar-refractivity contribution in [3.05, 3.63) is 48.0 Å². The third-order valence-electron chi connectivity index (χ3n) is 2.21. The first-order valence-electron chi connectivity index (χ1n) is 4.68. The standard InChI is InChI=1S/C12H9NO2S/c13-11(15-12(14)16)10-6-5-8-3-1-2-4-9(8)7-10/h1-7,13H,(H,14,16)/p+1. The lowest BCUT2D eigenvalue weighted by Crippen LogP contribution is -2.08. The zero-order chi connectivity index (χ0) is 11.5. The minimum atomic E-state index is -0.668. The molecule has 0 spiro atoms. The molecule has 0 aromatic heterocycles. The van der Waals surface area contributed by atoms with Crippen LogP contribution in [-0.2, 0) is 17.4 Å². The molecule has 0 aliphatic rings. The van der Waals surface area contributed by atoms with Crippen molar-refractivity contribution >= 4 is 34.6 Å². The summed E-state index contributed by atoms with van der Waals surface area (Å²) < 4.78 is 4.64. The van der Waals surface area contributed by atoms with Gasteiger partial charge in [0.1, 0.15) is 0 Å². The van der Waals surface area contributed by atoms with Gasteiger partial charge in [0.05, 0.1) is 12.6 Å². The zero-order valence-corrected chi connectivity index (χ0v) is 9.36. The van der Waals surface area contributed by atoms with E-state index >= 15 is 0 Å². The molecule has 0 aliphatic carbocycles. The number of carbonyl (C=O) groups excluding carboxylic acids is 1. The van der Waals surface area contributed by atoms with Crippen LogP contribution in [0.2, 0.25) is 0 Å². The molecule has 0 atom stereocenters. The first-order valence-corrected chi connectivity index (χ1v) is 5.18. The lowest BCUT2D eigenvalue weighted by Gasteiger charge is -2.02. The van der Waals surface area contributed by atoms with Gasteiger partial charge in [0.15, 0.2) is 0 Å². The molecule has 3 nitrogen and oxygen atoms in total. The molecule has 0 heterocycles. The van der Waals surface area contributed by atoms with E-state index in [1.165, 1.54) is 0 Å². The van der Waals surface area contributed by atoms with E-state index in [1.54, 1.807) is 6.07 Å². The third-order valence-corrected chi connectivity index (χ3v) is 2.31. The number of carbonyl (C=O) groups is 1. The molecule has 0 aliphatic heterocycles. The number of fused-ring (bicyclic) bond motifs is 1. The Bertz CT molecular complexity index is 566. The van der Waals surface area contributed by atoms with Crippen LogP contribution in [-0.4, -0.2) is 11.2 Å². The maximum absolute atomic E-state index is 10.6. The number of nitrogens with one attached hydrogen (secondary N) is 1. The molecular formula is C12H10NO2S+. The maximum atomic E-state index is 10.6. The average Bonchev–Trinajstić information content (AvgIpc) is 2.27. The molecule has 0 radical (unpaired) electrons. The van der Waals surface area contributed by atoms with Crippen molar-refractivity contribution in [2.45, 2.75) is 0 Å². The molecule has 0 fully saturated rings. The van der Waals surface area contributed by atoms with Gasteiger partial charge in [-0.05, 0) is 22.9 Å². The predicted octanol–water partition coefficient (Wildman–Crippen LogP) is 2.31. The highest BCUT2D eigenvalue weighted by Gasteiger charge is 2.09. The summed E-state index contributed by atoms with van der Waals surface area (Å²) in [6.45, 7) is 0. The fourth-order valence-corrected chi connectivity index (χ4v) is 1.58. The van der Waals surface area contributed by atoms with E-state index in [0.29, 0.717) is 5.56 Å². The molecule has 0 saturated carbocycles. The third kappa shape index (κ3) is 2.23. The van der Waals surface area contributed by atoms with E-state index in [-0.39, 0.29) is 5.90 Å². The Morgan fingerprint density at radius 2 is 1.81 bits per heavy atom. The molecule has 80 valence electrons. The molecule has 0 saturated heterocycles. The number of rotatable bonds is 1. The lowest BCUT2D eigenvalue weighted by molar-refractivity contribution is 0.224. The molecule has 1 N–H and O–H groups in total. The van der Waals surface area contributed by atoms with E-state index in [1.807, 2.05) is 36.4 Å². The van der Waals surface area contributed by atoms with Gasteiger partial charge in [-0.25, -0.2) is 0 Å². The van der Waals surface area contributed by atoms with Crippen LogP contribution in [0, 0.1) is 5.41 Å². The van der Waals surface area contributed by atoms with Crippen LogP contribution in [0.5, 0.6) is 0 Å². The van der Waals surface area contributed by atoms with Gasteiger partial charge >= 0.3 is 5.30 Å². The Labute approximate surface area is 98.0 Å². The number of benzene rings is 2. The summed E-state index contributed by atoms with van der Waals surface area (Å²) in [5.41, 5.74) is 0.574. The minimum absolute atomic E-state index is 0.161. The Kier molecular flexibility index (Phi) is 2.92. The first-order chi connectivity index (χ1) is 7.66. The summed E-state index contributed by atoms with van der Waals surface area (Å²) in [7, 11) is 0. The van der Waals surface area contributed by atoms with Gasteiger partial charge in [0.25, 0.3) is 0 Å². The summed E-state index contributed by atoms with van der Waals surface area (Å²) >= 11 is 2.67. The molecule has 2 aromatic carbocycles. The largest absolute Gasteiger partial charge is 0.527 e. The fourth-order valence-electron chi connectivity index (χ4n) is 1.48. The van der Waals surface area contributed by atoms with Crippen molar-refractivity contribution in [1.82, 2.24) is 0 Å². The van der Waals surface area contributed by atoms with Gasteiger partial charge in [0, 0.05) is 5.56 Å². The van der Waals surface area contributed by atoms with Crippen molar-refractivity contribution < 1.29 is 9.53 Å². The molecule has 0 unspecified atom stereocenters. The number of ether oxygens (including phenoxy) is 1. The normalized spacial score (nSPS) is 10.1. The van der Waals surface area contributed by atoms with Crippen LogP contribution >= 0.6 is 0 Å². The SMILES string of the molecule is N=C(OC(=O)[SH2+])c1ccc2ccccc2c1. The van der Waals surface area contributed by atoms with Gasteiger partial charge in [-0.2, -0.15) is 4.79 Å². The van der Waals surface area contributed by atoms with E-state index in [2.05, 4.69) is 17.4 Å². The summed E-state index contributed by atoms with van der Waals surface area (Å²) in [6.07, 6.45) is 0. The molecule has 4 heteroatoms. The second-order valence-corrected chi connectivity index (χ2v) is 3.69. The molecule has 16 heavy (non-hydrogen) atoms. The smallest absolute Gasteiger partial charge is 0.367 e. The summed E-state index contributed by atoms with van der Waals surface area (Å²) in [5, 5.41) is 8.99. The molecular weight excluding hydrogens is 222 g/mol. The second-order valence-electron chi connectivity index (χ2n) is 3.28. The van der Waals surface area contributed by atoms with Crippen molar-refractivity contribution in [1.29, 1.82) is 5.41 Å². The molecule has 0 amide bonds. The summed E-state index contributed by atoms with van der Waals surface area (Å²) in [4.78, 5) is 10.6. The van der Waals surface area contributed by atoms with Crippen molar-refractivity contribution in [2.24, 2.45) is 0 Å². The molecule has 2 rings (SSSR count). The zero-order valence-electron chi connectivity index (χ0n) is 8.36. The Balaban J connectivity index is 2.39. The lowest BCUT2D eigenvalue weighted by atomic mass is 10.1. The topological polar surface area (TPSA) is 50.1 Å². The molecule has 0 bridgehead atoms. The van der Waals surface area contributed by atoms with E-state index in [4.69, 9.17) is 5.41 Å². The number of hydrogen-bond acceptors (Lipinski definition) is 3. The van der Waals surface area contributed by atoms with Gasteiger partial charge in [-0.3, -0.25) is 5.41 Å². The van der Waals surface area contributed by atoms with E-state index < -0.39 is 5.30 Å². The quantitative estimate of drug-likeness (QED) is 0.355. The Morgan fingerprint density at radius 1 is 1.12 bits per heavy atom. The Hall–Kier alpha value is -1.81. The van der Waals surface area contributed by atoms with Crippen LogP contribution in [0.15, 0.2) is 42.5 Å². The van der Waals surface area contributed by atoms with Crippen molar-refractivity contribution in [3.63, 3.8) is 0 Å². The predicted molar refractivity (Wildman–Crippen MR) is 67.4 cm³/mol. The maximum Gasteiger partial charge on any atom is 0.527 e. The van der Waals surface area contributed by atoms with Crippen LogP contribution < -0.4 is 0 Å². The highest BCUT2D eigenvalue weighted by Crippen LogP contribution is 2.16. The molecule has 2 aromatic rings. The van der Waals surface area contributed by atoms with Gasteiger partial charge in [0.2, 0.25) is 5.90 Å². The van der Waals surface area contributed by atoms with E-state index in [0.717, 1.165) is 10.8 Å². The van der Waals surface area contributed by atoms with Gasteiger partial charge in [-0.15, -0.1) is 0 Å².